The largest absolute Gasteiger partial charge is 0.374 e. The van der Waals surface area contributed by atoms with Gasteiger partial charge in [-0.05, 0) is 25.0 Å². The van der Waals surface area contributed by atoms with E-state index in [9.17, 15) is 9.59 Å². The number of nitrogens with zero attached hydrogens (tertiary/aromatic N) is 2. The van der Waals surface area contributed by atoms with Gasteiger partial charge in [0.25, 0.3) is 5.91 Å². The molecule has 1 aromatic rings. The van der Waals surface area contributed by atoms with E-state index in [0.717, 1.165) is 12.8 Å². The van der Waals surface area contributed by atoms with Gasteiger partial charge in [0.2, 0.25) is 0 Å². The summed E-state index contributed by atoms with van der Waals surface area (Å²) in [4.78, 5) is 25.5. The Labute approximate surface area is 123 Å². The van der Waals surface area contributed by atoms with Gasteiger partial charge in [0.1, 0.15) is 5.69 Å². The minimum atomic E-state index is -0.453. The fourth-order valence-electron chi connectivity index (χ4n) is 3.28. The third-order valence-corrected chi connectivity index (χ3v) is 4.30. The number of urea groups is 1. The SMILES string of the molecule is Cn1cccc1C(=O)N[C@H]1CN(C(N)=O)C2CCCOC21. The van der Waals surface area contributed by atoms with Crippen LogP contribution in [0.4, 0.5) is 4.79 Å². The smallest absolute Gasteiger partial charge is 0.315 e. The molecular formula is C14H20N4O3. The van der Waals surface area contributed by atoms with Gasteiger partial charge < -0.3 is 25.3 Å². The Morgan fingerprint density at radius 2 is 2.29 bits per heavy atom. The van der Waals surface area contributed by atoms with E-state index in [1.807, 2.05) is 19.3 Å². The Hall–Kier alpha value is -2.02. The molecule has 0 aliphatic carbocycles. The summed E-state index contributed by atoms with van der Waals surface area (Å²) in [5.74, 6) is -0.160. The standard InChI is InChI=1S/C14H20N4O3/c1-17-6-2-4-11(17)13(19)16-9-8-18(14(15)20)10-5-3-7-21-12(9)10/h2,4,6,9-10,12H,3,5,7-8H2,1H3,(H2,15,20)(H,16,19)/t9-,10?,12?/m0/s1. The number of carbonyl (C=O) groups excluding carboxylic acids is 2. The van der Waals surface area contributed by atoms with E-state index in [4.69, 9.17) is 10.5 Å². The number of primary amides is 1. The maximum atomic E-state index is 12.3. The van der Waals surface area contributed by atoms with E-state index in [1.165, 1.54) is 0 Å². The molecule has 0 aromatic carbocycles. The number of nitrogens with two attached hydrogens (primary N) is 1. The van der Waals surface area contributed by atoms with Crippen LogP contribution in [0.15, 0.2) is 18.3 Å². The molecule has 1 aromatic heterocycles. The van der Waals surface area contributed by atoms with E-state index < -0.39 is 6.03 Å². The molecule has 0 bridgehead atoms. The zero-order valence-electron chi connectivity index (χ0n) is 12.0. The highest BCUT2D eigenvalue weighted by Gasteiger charge is 2.46. The number of hydrogen-bond donors (Lipinski definition) is 2. The van der Waals surface area contributed by atoms with Crippen molar-refractivity contribution < 1.29 is 14.3 Å². The molecule has 114 valence electrons. The van der Waals surface area contributed by atoms with Crippen LogP contribution in [0.1, 0.15) is 23.3 Å². The maximum absolute atomic E-state index is 12.3. The van der Waals surface area contributed by atoms with Crippen molar-refractivity contribution in [2.75, 3.05) is 13.2 Å². The van der Waals surface area contributed by atoms with Gasteiger partial charge in [-0.2, -0.15) is 0 Å². The van der Waals surface area contributed by atoms with Crippen molar-refractivity contribution in [3.63, 3.8) is 0 Å². The van der Waals surface area contributed by atoms with Crippen LogP contribution in [0.2, 0.25) is 0 Å². The minimum absolute atomic E-state index is 0.0324. The highest BCUT2D eigenvalue weighted by atomic mass is 16.5. The van der Waals surface area contributed by atoms with Crippen LogP contribution in [-0.2, 0) is 11.8 Å². The molecule has 3 amide bonds. The van der Waals surface area contributed by atoms with Crippen LogP contribution in [0.3, 0.4) is 0 Å². The van der Waals surface area contributed by atoms with Crippen LogP contribution in [0, 0.1) is 0 Å². The first-order valence-corrected chi connectivity index (χ1v) is 7.18. The van der Waals surface area contributed by atoms with Gasteiger partial charge in [0.15, 0.2) is 0 Å². The molecule has 2 unspecified atom stereocenters. The molecule has 7 nitrogen and oxygen atoms in total. The number of hydrogen-bond acceptors (Lipinski definition) is 3. The molecule has 3 heterocycles. The summed E-state index contributed by atoms with van der Waals surface area (Å²) in [5, 5.41) is 2.97. The second-order valence-electron chi connectivity index (χ2n) is 5.62. The number of nitrogens with one attached hydrogen (secondary N) is 1. The van der Waals surface area contributed by atoms with Crippen LogP contribution in [0.25, 0.3) is 0 Å². The van der Waals surface area contributed by atoms with Crippen LogP contribution in [-0.4, -0.2) is 52.7 Å². The molecular weight excluding hydrogens is 272 g/mol. The number of likely N-dealkylation sites (tertiary alicyclic amines) is 1. The lowest BCUT2D eigenvalue weighted by molar-refractivity contribution is -0.0141. The summed E-state index contributed by atoms with van der Waals surface area (Å²) in [6.07, 6.45) is 3.42. The highest BCUT2D eigenvalue weighted by Crippen LogP contribution is 2.28. The third-order valence-electron chi connectivity index (χ3n) is 4.30. The second kappa shape index (κ2) is 5.40. The molecule has 3 rings (SSSR count). The van der Waals surface area contributed by atoms with Crippen molar-refractivity contribution in [1.29, 1.82) is 0 Å². The average Bonchev–Trinajstić information content (AvgIpc) is 3.03. The van der Waals surface area contributed by atoms with Crippen molar-refractivity contribution in [2.45, 2.75) is 31.0 Å². The first-order valence-electron chi connectivity index (χ1n) is 7.18. The number of amides is 3. The number of rotatable bonds is 2. The van der Waals surface area contributed by atoms with Crippen LogP contribution in [0.5, 0.6) is 0 Å². The molecule has 0 saturated carbocycles. The number of fused-ring (bicyclic) bond motifs is 1. The van der Waals surface area contributed by atoms with Gasteiger partial charge in [-0.15, -0.1) is 0 Å². The fraction of sp³-hybridized carbons (Fsp3) is 0.571. The first-order chi connectivity index (χ1) is 10.1. The highest BCUT2D eigenvalue weighted by molar-refractivity contribution is 5.93. The summed E-state index contributed by atoms with van der Waals surface area (Å²) in [6.45, 7) is 1.06. The molecule has 21 heavy (non-hydrogen) atoms. The van der Waals surface area contributed by atoms with Gasteiger partial charge >= 0.3 is 6.03 Å². The number of aryl methyl sites for hydroxylation is 1. The molecule has 2 saturated heterocycles. The predicted octanol–water partition coefficient (Wildman–Crippen LogP) is 0.0654. The topological polar surface area (TPSA) is 89.6 Å². The summed E-state index contributed by atoms with van der Waals surface area (Å²) in [7, 11) is 1.82. The molecule has 0 radical (unpaired) electrons. The maximum Gasteiger partial charge on any atom is 0.315 e. The number of carbonyl (C=O) groups is 2. The van der Waals surface area contributed by atoms with E-state index in [0.29, 0.717) is 18.8 Å². The van der Waals surface area contributed by atoms with Crippen LogP contribution < -0.4 is 11.1 Å². The number of ether oxygens (including phenoxy) is 1. The summed E-state index contributed by atoms with van der Waals surface area (Å²) in [5.41, 5.74) is 6.01. The Kier molecular flexibility index (Phi) is 3.59. The van der Waals surface area contributed by atoms with E-state index >= 15 is 0 Å². The quantitative estimate of drug-likeness (QED) is 0.808. The summed E-state index contributed by atoms with van der Waals surface area (Å²) < 4.78 is 7.53. The van der Waals surface area contributed by atoms with Gasteiger partial charge in [-0.25, -0.2) is 4.79 Å². The normalized spacial score (nSPS) is 28.2. The lowest BCUT2D eigenvalue weighted by Crippen LogP contribution is -2.48. The zero-order valence-corrected chi connectivity index (χ0v) is 12.0. The van der Waals surface area contributed by atoms with Gasteiger partial charge in [-0.3, -0.25) is 4.79 Å². The lowest BCUT2D eigenvalue weighted by Gasteiger charge is -2.31. The van der Waals surface area contributed by atoms with Gasteiger partial charge in [0.05, 0.1) is 18.2 Å². The summed E-state index contributed by atoms with van der Waals surface area (Å²) in [6, 6.07) is 2.88. The molecule has 0 spiro atoms. The minimum Gasteiger partial charge on any atom is -0.374 e. The Bertz CT molecular complexity index is 556. The van der Waals surface area contributed by atoms with E-state index in [2.05, 4.69) is 5.32 Å². The average molecular weight is 292 g/mol. The van der Waals surface area contributed by atoms with Crippen molar-refractivity contribution in [1.82, 2.24) is 14.8 Å². The number of aromatic nitrogens is 1. The Morgan fingerprint density at radius 3 is 2.95 bits per heavy atom. The van der Waals surface area contributed by atoms with Crippen molar-refractivity contribution in [3.05, 3.63) is 24.0 Å². The molecule has 2 aliphatic rings. The van der Waals surface area contributed by atoms with Crippen molar-refractivity contribution >= 4 is 11.9 Å². The van der Waals surface area contributed by atoms with Crippen molar-refractivity contribution in [2.24, 2.45) is 12.8 Å². The fourth-order valence-corrected chi connectivity index (χ4v) is 3.28. The monoisotopic (exact) mass is 292 g/mol. The van der Waals surface area contributed by atoms with Crippen molar-refractivity contribution in [3.8, 4) is 0 Å². The van der Waals surface area contributed by atoms with Gasteiger partial charge in [0, 0.05) is 26.4 Å². The Morgan fingerprint density at radius 1 is 1.48 bits per heavy atom. The molecule has 3 N–H and O–H groups in total. The molecule has 2 aliphatic heterocycles. The first kappa shape index (κ1) is 13.9. The third kappa shape index (κ3) is 2.49. The molecule has 7 heteroatoms. The van der Waals surface area contributed by atoms with Crippen LogP contribution >= 0.6 is 0 Å². The second-order valence-corrected chi connectivity index (χ2v) is 5.62. The molecule has 2 fully saturated rings. The van der Waals surface area contributed by atoms with Gasteiger partial charge in [-0.1, -0.05) is 0 Å². The lowest BCUT2D eigenvalue weighted by atomic mass is 10.0. The zero-order chi connectivity index (χ0) is 15.0. The van der Waals surface area contributed by atoms with E-state index in [1.54, 1.807) is 15.5 Å². The molecule has 3 atom stereocenters. The Balaban J connectivity index is 1.74. The predicted molar refractivity (Wildman–Crippen MR) is 75.7 cm³/mol. The van der Waals surface area contributed by atoms with E-state index in [-0.39, 0.29) is 24.1 Å². The summed E-state index contributed by atoms with van der Waals surface area (Å²) >= 11 is 0.